The molecule has 0 spiro atoms. The van der Waals surface area contributed by atoms with Gasteiger partial charge in [-0.05, 0) is 67.0 Å². The Balaban J connectivity index is 1.68. The van der Waals surface area contributed by atoms with Gasteiger partial charge in [-0.1, -0.05) is 30.3 Å². The second-order valence-corrected chi connectivity index (χ2v) is 5.67. The first-order valence-electron chi connectivity index (χ1n) is 7.12. The van der Waals surface area contributed by atoms with Crippen molar-refractivity contribution in [2.75, 3.05) is 5.32 Å². The zero-order valence-corrected chi connectivity index (χ0v) is 11.7. The van der Waals surface area contributed by atoms with Crippen molar-refractivity contribution in [1.29, 1.82) is 0 Å². The summed E-state index contributed by atoms with van der Waals surface area (Å²) in [6.45, 7) is 5.22. The minimum atomic E-state index is 0.835. The van der Waals surface area contributed by atoms with Gasteiger partial charge in [0.2, 0.25) is 0 Å². The third-order valence-electron chi connectivity index (χ3n) is 4.00. The molecule has 19 heavy (non-hydrogen) atoms. The maximum Gasteiger partial charge on any atom is 0.0400 e. The molecule has 0 aliphatic heterocycles. The monoisotopic (exact) mass is 251 g/mol. The van der Waals surface area contributed by atoms with Crippen LogP contribution < -0.4 is 5.32 Å². The van der Waals surface area contributed by atoms with Crippen LogP contribution in [-0.2, 0) is 6.54 Å². The van der Waals surface area contributed by atoms with E-state index in [1.54, 1.807) is 0 Å². The molecule has 1 fully saturated rings. The summed E-state index contributed by atoms with van der Waals surface area (Å²) in [6, 6.07) is 15.6. The lowest BCUT2D eigenvalue weighted by Gasteiger charge is -2.10. The molecule has 0 unspecified atom stereocenters. The molecule has 0 bridgehead atoms. The lowest BCUT2D eigenvalue weighted by atomic mass is 10.1. The van der Waals surface area contributed by atoms with E-state index in [4.69, 9.17) is 0 Å². The maximum atomic E-state index is 3.52. The van der Waals surface area contributed by atoms with Gasteiger partial charge in [-0.15, -0.1) is 0 Å². The Bertz CT molecular complexity index is 582. The molecule has 2 aromatic carbocycles. The van der Waals surface area contributed by atoms with Crippen molar-refractivity contribution in [1.82, 2.24) is 0 Å². The van der Waals surface area contributed by atoms with Gasteiger partial charge >= 0.3 is 0 Å². The number of benzene rings is 2. The zero-order valence-electron chi connectivity index (χ0n) is 11.7. The summed E-state index contributed by atoms with van der Waals surface area (Å²) >= 11 is 0. The molecule has 98 valence electrons. The molecule has 0 amide bonds. The summed E-state index contributed by atoms with van der Waals surface area (Å²) in [4.78, 5) is 0. The molecule has 0 saturated heterocycles. The van der Waals surface area contributed by atoms with Crippen LogP contribution in [0.15, 0.2) is 42.5 Å². The molecule has 0 heterocycles. The fourth-order valence-electron chi connectivity index (χ4n) is 2.43. The van der Waals surface area contributed by atoms with Crippen molar-refractivity contribution < 1.29 is 0 Å². The van der Waals surface area contributed by atoms with Gasteiger partial charge in [0.25, 0.3) is 0 Å². The van der Waals surface area contributed by atoms with Gasteiger partial charge < -0.3 is 5.32 Å². The highest BCUT2D eigenvalue weighted by molar-refractivity contribution is 5.48. The Morgan fingerprint density at radius 1 is 1.00 bits per heavy atom. The highest BCUT2D eigenvalue weighted by atomic mass is 14.9. The quantitative estimate of drug-likeness (QED) is 0.823. The fraction of sp³-hybridized carbons (Fsp3) is 0.333. The Morgan fingerprint density at radius 3 is 2.58 bits per heavy atom. The average molecular weight is 251 g/mol. The molecule has 1 nitrogen and oxygen atoms in total. The predicted molar refractivity (Wildman–Crippen MR) is 81.7 cm³/mol. The second-order valence-electron chi connectivity index (χ2n) is 5.67. The van der Waals surface area contributed by atoms with Gasteiger partial charge in [0.05, 0.1) is 0 Å². The van der Waals surface area contributed by atoms with Crippen LogP contribution in [0.3, 0.4) is 0 Å². The van der Waals surface area contributed by atoms with Crippen molar-refractivity contribution in [3.05, 3.63) is 64.7 Å². The molecule has 1 N–H and O–H groups in total. The van der Waals surface area contributed by atoms with Crippen molar-refractivity contribution in [3.8, 4) is 0 Å². The molecule has 1 aliphatic carbocycles. The molecule has 0 aromatic heterocycles. The van der Waals surface area contributed by atoms with E-state index in [0.29, 0.717) is 0 Å². The van der Waals surface area contributed by atoms with E-state index in [2.05, 4.69) is 61.6 Å². The lowest BCUT2D eigenvalue weighted by Crippen LogP contribution is -2.00. The fourth-order valence-corrected chi connectivity index (χ4v) is 2.43. The summed E-state index contributed by atoms with van der Waals surface area (Å²) in [5, 5.41) is 3.52. The van der Waals surface area contributed by atoms with Crippen LogP contribution in [-0.4, -0.2) is 0 Å². The standard InChI is InChI=1S/C18H21N/c1-13-6-9-18(10-14(13)2)19-12-15-4-3-5-17(11-15)16-7-8-16/h3-6,9-11,16,19H,7-8,12H2,1-2H3. The van der Waals surface area contributed by atoms with Crippen LogP contribution in [0.25, 0.3) is 0 Å². The predicted octanol–water partition coefficient (Wildman–Crippen LogP) is 4.79. The lowest BCUT2D eigenvalue weighted by molar-refractivity contribution is 1.08. The van der Waals surface area contributed by atoms with E-state index in [-0.39, 0.29) is 0 Å². The van der Waals surface area contributed by atoms with Crippen molar-refractivity contribution >= 4 is 5.69 Å². The van der Waals surface area contributed by atoms with Crippen molar-refractivity contribution in [3.63, 3.8) is 0 Å². The largest absolute Gasteiger partial charge is 0.381 e. The van der Waals surface area contributed by atoms with Gasteiger partial charge in [-0.3, -0.25) is 0 Å². The topological polar surface area (TPSA) is 12.0 Å². The van der Waals surface area contributed by atoms with Gasteiger partial charge in [0, 0.05) is 12.2 Å². The Kier molecular flexibility index (Phi) is 3.29. The van der Waals surface area contributed by atoms with E-state index < -0.39 is 0 Å². The molecule has 0 atom stereocenters. The van der Waals surface area contributed by atoms with E-state index in [1.165, 1.54) is 40.8 Å². The van der Waals surface area contributed by atoms with Gasteiger partial charge in [0.1, 0.15) is 0 Å². The third kappa shape index (κ3) is 2.98. The van der Waals surface area contributed by atoms with Crippen LogP contribution in [0.2, 0.25) is 0 Å². The van der Waals surface area contributed by atoms with Crippen LogP contribution >= 0.6 is 0 Å². The van der Waals surface area contributed by atoms with Crippen LogP contribution in [0.5, 0.6) is 0 Å². The summed E-state index contributed by atoms with van der Waals surface area (Å²) in [5.74, 6) is 0.835. The Morgan fingerprint density at radius 2 is 1.84 bits per heavy atom. The molecular weight excluding hydrogens is 230 g/mol. The summed E-state index contributed by atoms with van der Waals surface area (Å²) in [5.41, 5.74) is 6.79. The number of nitrogens with one attached hydrogen (secondary N) is 1. The van der Waals surface area contributed by atoms with Crippen LogP contribution in [0.4, 0.5) is 5.69 Å². The summed E-state index contributed by atoms with van der Waals surface area (Å²) < 4.78 is 0. The van der Waals surface area contributed by atoms with E-state index in [0.717, 1.165) is 12.5 Å². The SMILES string of the molecule is Cc1ccc(NCc2cccc(C3CC3)c2)cc1C. The minimum absolute atomic E-state index is 0.835. The Labute approximate surface area is 115 Å². The Hall–Kier alpha value is -1.76. The highest BCUT2D eigenvalue weighted by Crippen LogP contribution is 2.40. The normalized spacial score (nSPS) is 14.4. The highest BCUT2D eigenvalue weighted by Gasteiger charge is 2.23. The average Bonchev–Trinajstić information content (AvgIpc) is 3.25. The number of aryl methyl sites for hydroxylation is 2. The van der Waals surface area contributed by atoms with E-state index in [1.807, 2.05) is 0 Å². The van der Waals surface area contributed by atoms with E-state index >= 15 is 0 Å². The molecule has 1 heteroatoms. The minimum Gasteiger partial charge on any atom is -0.381 e. The molecule has 2 aromatic rings. The number of hydrogen-bond donors (Lipinski definition) is 1. The molecule has 3 rings (SSSR count). The van der Waals surface area contributed by atoms with Crippen molar-refractivity contribution in [2.45, 2.75) is 39.2 Å². The first-order valence-corrected chi connectivity index (χ1v) is 7.12. The van der Waals surface area contributed by atoms with Gasteiger partial charge in [-0.25, -0.2) is 0 Å². The van der Waals surface area contributed by atoms with Crippen LogP contribution in [0, 0.1) is 13.8 Å². The number of rotatable bonds is 4. The first kappa shape index (κ1) is 12.3. The molecule has 0 radical (unpaired) electrons. The van der Waals surface area contributed by atoms with Crippen molar-refractivity contribution in [2.24, 2.45) is 0 Å². The molecular formula is C18H21N. The summed E-state index contributed by atoms with van der Waals surface area (Å²) in [7, 11) is 0. The first-order chi connectivity index (χ1) is 9.22. The van der Waals surface area contributed by atoms with Crippen LogP contribution in [0.1, 0.15) is 41.0 Å². The van der Waals surface area contributed by atoms with Gasteiger partial charge in [-0.2, -0.15) is 0 Å². The summed E-state index contributed by atoms with van der Waals surface area (Å²) in [6.07, 6.45) is 2.74. The second kappa shape index (κ2) is 5.08. The zero-order chi connectivity index (χ0) is 13.2. The van der Waals surface area contributed by atoms with E-state index in [9.17, 15) is 0 Å². The molecule has 1 aliphatic rings. The third-order valence-corrected chi connectivity index (χ3v) is 4.00. The number of anilines is 1. The number of hydrogen-bond acceptors (Lipinski definition) is 1. The maximum absolute atomic E-state index is 3.52. The molecule has 1 saturated carbocycles. The smallest absolute Gasteiger partial charge is 0.0400 e. The van der Waals surface area contributed by atoms with Gasteiger partial charge in [0.15, 0.2) is 0 Å².